The summed E-state index contributed by atoms with van der Waals surface area (Å²) >= 11 is 0. The third kappa shape index (κ3) is 4.47. The highest BCUT2D eigenvalue weighted by molar-refractivity contribution is 4.81. The molecule has 1 aliphatic rings. The van der Waals surface area contributed by atoms with Crippen LogP contribution in [0.25, 0.3) is 0 Å². The van der Waals surface area contributed by atoms with Crippen molar-refractivity contribution in [2.45, 2.75) is 31.9 Å². The van der Waals surface area contributed by atoms with Gasteiger partial charge in [-0.05, 0) is 27.3 Å². The molecule has 0 amide bonds. The number of ether oxygens (including phenoxy) is 1. The molecule has 1 unspecified atom stereocenters. The number of rotatable bonds is 5. The fourth-order valence-electron chi connectivity index (χ4n) is 2.06. The molecule has 1 rings (SSSR count). The third-order valence-electron chi connectivity index (χ3n) is 2.87. The lowest BCUT2D eigenvalue weighted by atomic mass is 10.1. The van der Waals surface area contributed by atoms with Crippen molar-refractivity contribution < 1.29 is 9.84 Å². The predicted molar refractivity (Wildman–Crippen MR) is 61.0 cm³/mol. The zero-order valence-corrected chi connectivity index (χ0v) is 10.1. The van der Waals surface area contributed by atoms with Crippen molar-refractivity contribution >= 4 is 0 Å². The van der Waals surface area contributed by atoms with Crippen LogP contribution in [-0.4, -0.2) is 61.5 Å². The van der Waals surface area contributed by atoms with Crippen LogP contribution in [0.3, 0.4) is 0 Å². The van der Waals surface area contributed by atoms with E-state index in [2.05, 4.69) is 24.1 Å². The highest BCUT2D eigenvalue weighted by Gasteiger charge is 2.27. The van der Waals surface area contributed by atoms with Crippen molar-refractivity contribution in [3.63, 3.8) is 0 Å². The van der Waals surface area contributed by atoms with Crippen molar-refractivity contribution in [2.24, 2.45) is 0 Å². The predicted octanol–water partition coefficient (Wildman–Crippen LogP) is 0.0676. The van der Waals surface area contributed by atoms with Crippen molar-refractivity contribution in [3.05, 3.63) is 0 Å². The first kappa shape index (κ1) is 12.9. The van der Waals surface area contributed by atoms with Crippen LogP contribution in [0.4, 0.5) is 0 Å². The zero-order valence-electron chi connectivity index (χ0n) is 10.1. The van der Waals surface area contributed by atoms with Gasteiger partial charge in [-0.3, -0.25) is 4.90 Å². The van der Waals surface area contributed by atoms with E-state index in [4.69, 9.17) is 9.84 Å². The molecule has 1 aliphatic heterocycles. The quantitative estimate of drug-likeness (QED) is 0.682. The summed E-state index contributed by atoms with van der Waals surface area (Å²) in [5.74, 6) is 0. The lowest BCUT2D eigenvalue weighted by Gasteiger charge is -2.39. The first-order valence-electron chi connectivity index (χ1n) is 5.72. The van der Waals surface area contributed by atoms with Crippen molar-refractivity contribution in [1.29, 1.82) is 0 Å². The minimum absolute atomic E-state index is 0.0320. The Morgan fingerprint density at radius 2 is 2.27 bits per heavy atom. The Kier molecular flexibility index (Phi) is 4.99. The Labute approximate surface area is 92.6 Å². The third-order valence-corrected chi connectivity index (χ3v) is 2.87. The molecule has 1 atom stereocenters. The first-order chi connectivity index (χ1) is 7.07. The SMILES string of the molecule is CNC(CCO)CN1CCOC(C)(C)C1. The number of nitrogens with one attached hydrogen (secondary N) is 1. The van der Waals surface area contributed by atoms with Gasteiger partial charge >= 0.3 is 0 Å². The van der Waals surface area contributed by atoms with Gasteiger partial charge in [0.05, 0.1) is 12.2 Å². The lowest BCUT2D eigenvalue weighted by molar-refractivity contribution is -0.0877. The molecular weight excluding hydrogens is 192 g/mol. The molecule has 90 valence electrons. The summed E-state index contributed by atoms with van der Waals surface area (Å²) in [4.78, 5) is 2.40. The van der Waals surface area contributed by atoms with Gasteiger partial charge in [-0.1, -0.05) is 0 Å². The number of likely N-dealkylation sites (N-methyl/N-ethyl adjacent to an activating group) is 1. The van der Waals surface area contributed by atoms with E-state index in [1.165, 1.54) is 0 Å². The summed E-state index contributed by atoms with van der Waals surface area (Å²) in [6.07, 6.45) is 0.814. The maximum atomic E-state index is 8.92. The number of nitrogens with zero attached hydrogens (tertiary/aromatic N) is 1. The molecule has 1 heterocycles. The van der Waals surface area contributed by atoms with Crippen molar-refractivity contribution in [2.75, 3.05) is 39.9 Å². The lowest BCUT2D eigenvalue weighted by Crippen LogP contribution is -2.52. The average Bonchev–Trinajstić information content (AvgIpc) is 2.15. The standard InChI is InChI=1S/C11H24N2O2/c1-11(2)9-13(5-7-15-11)8-10(12-3)4-6-14/h10,12,14H,4-9H2,1-3H3. The molecule has 0 aromatic carbocycles. The van der Waals surface area contributed by atoms with Crippen molar-refractivity contribution in [1.82, 2.24) is 10.2 Å². The van der Waals surface area contributed by atoms with Crippen LogP contribution in [0.15, 0.2) is 0 Å². The molecule has 15 heavy (non-hydrogen) atoms. The average molecular weight is 216 g/mol. The highest BCUT2D eigenvalue weighted by atomic mass is 16.5. The number of hydrogen-bond donors (Lipinski definition) is 2. The fourth-order valence-corrected chi connectivity index (χ4v) is 2.06. The Morgan fingerprint density at radius 1 is 1.53 bits per heavy atom. The van der Waals surface area contributed by atoms with Crippen molar-refractivity contribution in [3.8, 4) is 0 Å². The molecule has 2 N–H and O–H groups in total. The van der Waals surface area contributed by atoms with Gasteiger partial charge in [0, 0.05) is 32.3 Å². The van der Waals surface area contributed by atoms with Gasteiger partial charge in [0.15, 0.2) is 0 Å². The largest absolute Gasteiger partial charge is 0.396 e. The van der Waals surface area contributed by atoms with E-state index in [-0.39, 0.29) is 12.2 Å². The molecule has 0 spiro atoms. The molecule has 1 saturated heterocycles. The number of aliphatic hydroxyl groups excluding tert-OH is 1. The number of hydrogen-bond acceptors (Lipinski definition) is 4. The molecule has 0 aromatic rings. The Morgan fingerprint density at radius 3 is 2.80 bits per heavy atom. The maximum Gasteiger partial charge on any atom is 0.0753 e. The van der Waals surface area contributed by atoms with Crippen LogP contribution in [0.5, 0.6) is 0 Å². The van der Waals surface area contributed by atoms with Crippen LogP contribution in [0.1, 0.15) is 20.3 Å². The minimum atomic E-state index is -0.0320. The molecule has 1 fully saturated rings. The fraction of sp³-hybridized carbons (Fsp3) is 1.00. The molecule has 0 aliphatic carbocycles. The monoisotopic (exact) mass is 216 g/mol. The minimum Gasteiger partial charge on any atom is -0.396 e. The topological polar surface area (TPSA) is 44.7 Å². The van der Waals surface area contributed by atoms with E-state index in [0.717, 1.165) is 32.7 Å². The second-order valence-corrected chi connectivity index (χ2v) is 4.84. The van der Waals surface area contributed by atoms with E-state index in [1.807, 2.05) is 7.05 Å². The van der Waals surface area contributed by atoms with Gasteiger partial charge in [-0.15, -0.1) is 0 Å². The Balaban J connectivity index is 2.36. The molecule has 0 radical (unpaired) electrons. The molecule has 4 nitrogen and oxygen atoms in total. The second kappa shape index (κ2) is 5.80. The summed E-state index contributed by atoms with van der Waals surface area (Å²) in [6.45, 7) is 8.26. The highest BCUT2D eigenvalue weighted by Crippen LogP contribution is 2.16. The summed E-state index contributed by atoms with van der Waals surface area (Å²) in [6, 6.07) is 0.379. The van der Waals surface area contributed by atoms with Crippen LogP contribution in [0, 0.1) is 0 Å². The summed E-state index contributed by atoms with van der Waals surface area (Å²) in [5.41, 5.74) is -0.0320. The van der Waals surface area contributed by atoms with Gasteiger partial charge in [0.1, 0.15) is 0 Å². The number of morpholine rings is 1. The first-order valence-corrected chi connectivity index (χ1v) is 5.72. The van der Waals surface area contributed by atoms with Crippen LogP contribution in [0.2, 0.25) is 0 Å². The normalized spacial score (nSPS) is 24.0. The van der Waals surface area contributed by atoms with Gasteiger partial charge < -0.3 is 15.2 Å². The van der Waals surface area contributed by atoms with E-state index in [1.54, 1.807) is 0 Å². The second-order valence-electron chi connectivity index (χ2n) is 4.84. The molecule has 0 saturated carbocycles. The summed E-state index contributed by atoms with van der Waals surface area (Å²) in [7, 11) is 1.95. The van der Waals surface area contributed by atoms with E-state index in [9.17, 15) is 0 Å². The summed E-state index contributed by atoms with van der Waals surface area (Å²) in [5, 5.41) is 12.2. The van der Waals surface area contributed by atoms with E-state index < -0.39 is 0 Å². The van der Waals surface area contributed by atoms with Crippen LogP contribution < -0.4 is 5.32 Å². The molecule has 0 aromatic heterocycles. The molecule has 4 heteroatoms. The zero-order chi connectivity index (χ0) is 11.3. The van der Waals surface area contributed by atoms with Gasteiger partial charge in [-0.25, -0.2) is 0 Å². The van der Waals surface area contributed by atoms with E-state index in [0.29, 0.717) is 6.04 Å². The molecular formula is C11H24N2O2. The van der Waals surface area contributed by atoms with Gasteiger partial charge in [0.2, 0.25) is 0 Å². The van der Waals surface area contributed by atoms with Gasteiger partial charge in [-0.2, -0.15) is 0 Å². The van der Waals surface area contributed by atoms with Crippen LogP contribution in [-0.2, 0) is 4.74 Å². The maximum absolute atomic E-state index is 8.92. The Bertz CT molecular complexity index is 185. The van der Waals surface area contributed by atoms with Gasteiger partial charge in [0.25, 0.3) is 0 Å². The van der Waals surface area contributed by atoms with E-state index >= 15 is 0 Å². The van der Waals surface area contributed by atoms with Crippen LogP contribution >= 0.6 is 0 Å². The summed E-state index contributed by atoms with van der Waals surface area (Å²) < 4.78 is 5.66. The molecule has 0 bridgehead atoms. The smallest absolute Gasteiger partial charge is 0.0753 e. The Hall–Kier alpha value is -0.160. The number of aliphatic hydroxyl groups is 1.